The minimum atomic E-state index is -0.594. The van der Waals surface area contributed by atoms with Crippen LogP contribution in [0, 0.1) is 5.82 Å². The maximum atomic E-state index is 13.8. The van der Waals surface area contributed by atoms with Crippen LogP contribution in [0.1, 0.15) is 23.3 Å². The van der Waals surface area contributed by atoms with Crippen LogP contribution in [0.25, 0.3) is 0 Å². The predicted octanol–water partition coefficient (Wildman–Crippen LogP) is 0.806. The molecule has 0 aromatic carbocycles. The lowest BCUT2D eigenvalue weighted by atomic mass is 10.2. The van der Waals surface area contributed by atoms with Gasteiger partial charge in [0.15, 0.2) is 11.5 Å². The number of carbonyl (C=O) groups is 1. The number of piperazine rings is 1. The van der Waals surface area contributed by atoms with Crippen molar-refractivity contribution in [1.29, 1.82) is 0 Å². The van der Waals surface area contributed by atoms with Crippen LogP contribution in [-0.4, -0.2) is 48.1 Å². The van der Waals surface area contributed by atoms with Crippen LogP contribution >= 0.6 is 0 Å². The van der Waals surface area contributed by atoms with Crippen LogP contribution in [0.5, 0.6) is 5.88 Å². The van der Waals surface area contributed by atoms with Gasteiger partial charge in [0.05, 0.1) is 7.11 Å². The van der Waals surface area contributed by atoms with Crippen molar-refractivity contribution >= 4 is 5.91 Å². The zero-order valence-electron chi connectivity index (χ0n) is 10.7. The maximum absolute atomic E-state index is 13.8. The average molecular weight is 265 g/mol. The molecule has 1 aromatic rings. The number of methoxy groups -OCH3 is 1. The molecule has 6 heteroatoms. The number of nitrogens with one attached hydrogen (secondary N) is 1. The third-order valence-corrected chi connectivity index (χ3v) is 3.85. The summed E-state index contributed by atoms with van der Waals surface area (Å²) in [5.74, 6) is -0.665. The summed E-state index contributed by atoms with van der Waals surface area (Å²) in [6, 6.07) is 2.94. The van der Waals surface area contributed by atoms with Gasteiger partial charge in [0.2, 0.25) is 5.88 Å². The van der Waals surface area contributed by atoms with Gasteiger partial charge in [-0.25, -0.2) is 9.37 Å². The predicted molar refractivity (Wildman–Crippen MR) is 66.6 cm³/mol. The highest BCUT2D eigenvalue weighted by molar-refractivity contribution is 5.93. The molecule has 5 nitrogen and oxygen atoms in total. The molecule has 0 spiro atoms. The molecule has 1 N–H and O–H groups in total. The first-order chi connectivity index (χ1) is 9.20. The first kappa shape index (κ1) is 12.3. The number of pyridine rings is 1. The van der Waals surface area contributed by atoms with Gasteiger partial charge in [0, 0.05) is 31.2 Å². The van der Waals surface area contributed by atoms with E-state index in [0.29, 0.717) is 0 Å². The molecule has 3 heterocycles. The lowest BCUT2D eigenvalue weighted by Crippen LogP contribution is -2.54. The third kappa shape index (κ3) is 2.06. The zero-order valence-corrected chi connectivity index (χ0v) is 10.7. The molecule has 0 aliphatic carbocycles. The van der Waals surface area contributed by atoms with Crippen LogP contribution in [0.15, 0.2) is 12.1 Å². The van der Waals surface area contributed by atoms with Crippen LogP contribution in [0.2, 0.25) is 0 Å². The van der Waals surface area contributed by atoms with E-state index < -0.39 is 5.82 Å². The van der Waals surface area contributed by atoms with Gasteiger partial charge in [-0.3, -0.25) is 4.79 Å². The molecule has 3 rings (SSSR count). The van der Waals surface area contributed by atoms with Gasteiger partial charge in [0.1, 0.15) is 0 Å². The van der Waals surface area contributed by atoms with Gasteiger partial charge >= 0.3 is 0 Å². The Balaban J connectivity index is 1.91. The van der Waals surface area contributed by atoms with Crippen molar-refractivity contribution in [2.75, 3.05) is 20.2 Å². The molecule has 0 radical (unpaired) electrons. The van der Waals surface area contributed by atoms with Crippen LogP contribution in [0.3, 0.4) is 0 Å². The number of ether oxygens (including phenoxy) is 1. The van der Waals surface area contributed by atoms with Gasteiger partial charge in [0.25, 0.3) is 5.91 Å². The van der Waals surface area contributed by atoms with Crippen LogP contribution in [-0.2, 0) is 0 Å². The highest BCUT2D eigenvalue weighted by Crippen LogP contribution is 2.28. The summed E-state index contributed by atoms with van der Waals surface area (Å²) in [7, 11) is 1.45. The fraction of sp³-hybridized carbons (Fsp3) is 0.538. The van der Waals surface area contributed by atoms with Crippen molar-refractivity contribution in [1.82, 2.24) is 15.2 Å². The molecule has 2 fully saturated rings. The summed E-state index contributed by atoms with van der Waals surface area (Å²) in [4.78, 5) is 18.2. The molecule has 1 aromatic heterocycles. The van der Waals surface area contributed by atoms with Crippen LogP contribution < -0.4 is 10.1 Å². The van der Waals surface area contributed by atoms with Crippen molar-refractivity contribution in [2.24, 2.45) is 0 Å². The fourth-order valence-electron chi connectivity index (χ4n) is 2.92. The molecule has 2 unspecified atom stereocenters. The molecular formula is C13H16FN3O2. The quantitative estimate of drug-likeness (QED) is 0.859. The first-order valence-corrected chi connectivity index (χ1v) is 6.44. The molecular weight excluding hydrogens is 249 g/mol. The number of hydrogen-bond donors (Lipinski definition) is 1. The minimum Gasteiger partial charge on any atom is -0.481 e. The van der Waals surface area contributed by atoms with E-state index in [1.54, 1.807) is 4.90 Å². The summed E-state index contributed by atoms with van der Waals surface area (Å²) < 4.78 is 18.8. The second kappa shape index (κ2) is 4.77. The Labute approximate surface area is 110 Å². The van der Waals surface area contributed by atoms with Crippen LogP contribution in [0.4, 0.5) is 4.39 Å². The Hall–Kier alpha value is -1.69. The lowest BCUT2D eigenvalue weighted by molar-refractivity contribution is 0.0607. The monoisotopic (exact) mass is 265 g/mol. The number of amides is 1. The fourth-order valence-corrected chi connectivity index (χ4v) is 2.92. The van der Waals surface area contributed by atoms with Crippen molar-refractivity contribution in [3.63, 3.8) is 0 Å². The van der Waals surface area contributed by atoms with Crippen molar-refractivity contribution in [3.8, 4) is 5.88 Å². The zero-order chi connectivity index (χ0) is 13.4. The molecule has 2 bridgehead atoms. The summed E-state index contributed by atoms with van der Waals surface area (Å²) in [5.41, 5.74) is -0.141. The van der Waals surface area contributed by atoms with E-state index in [2.05, 4.69) is 10.3 Å². The van der Waals surface area contributed by atoms with E-state index in [1.165, 1.54) is 19.2 Å². The highest BCUT2D eigenvalue weighted by atomic mass is 19.1. The molecule has 2 atom stereocenters. The number of nitrogens with zero attached hydrogens (tertiary/aromatic N) is 2. The van der Waals surface area contributed by atoms with E-state index in [-0.39, 0.29) is 29.6 Å². The third-order valence-electron chi connectivity index (χ3n) is 3.85. The molecule has 2 saturated heterocycles. The summed E-state index contributed by atoms with van der Waals surface area (Å²) in [6.07, 6.45) is 1.93. The largest absolute Gasteiger partial charge is 0.481 e. The van der Waals surface area contributed by atoms with E-state index in [1.807, 2.05) is 0 Å². The smallest absolute Gasteiger partial charge is 0.276 e. The summed E-state index contributed by atoms with van der Waals surface area (Å²) in [5, 5.41) is 3.29. The number of fused-ring (bicyclic) bond motifs is 2. The van der Waals surface area contributed by atoms with Crippen molar-refractivity contribution in [2.45, 2.75) is 24.9 Å². The van der Waals surface area contributed by atoms with Gasteiger partial charge in [-0.2, -0.15) is 0 Å². The van der Waals surface area contributed by atoms with Gasteiger partial charge in [-0.05, 0) is 18.9 Å². The number of halogens is 1. The van der Waals surface area contributed by atoms with Crippen molar-refractivity contribution < 1.29 is 13.9 Å². The SMILES string of the molecule is COc1ccc(F)c(C(=O)N2C3CCC2CNC3)n1. The van der Waals surface area contributed by atoms with Crippen molar-refractivity contribution in [3.05, 3.63) is 23.6 Å². The Morgan fingerprint density at radius 2 is 2.11 bits per heavy atom. The second-order valence-electron chi connectivity index (χ2n) is 4.94. The highest BCUT2D eigenvalue weighted by Gasteiger charge is 2.41. The maximum Gasteiger partial charge on any atom is 0.276 e. The number of rotatable bonds is 2. The number of aromatic nitrogens is 1. The summed E-state index contributed by atoms with van der Waals surface area (Å²) >= 11 is 0. The topological polar surface area (TPSA) is 54.5 Å². The second-order valence-corrected chi connectivity index (χ2v) is 4.94. The van der Waals surface area contributed by atoms with Gasteiger partial charge in [-0.15, -0.1) is 0 Å². The molecule has 102 valence electrons. The number of hydrogen-bond acceptors (Lipinski definition) is 4. The lowest BCUT2D eigenvalue weighted by Gasteiger charge is -2.35. The minimum absolute atomic E-state index is 0.141. The molecule has 19 heavy (non-hydrogen) atoms. The Morgan fingerprint density at radius 1 is 1.42 bits per heavy atom. The first-order valence-electron chi connectivity index (χ1n) is 6.44. The van der Waals surface area contributed by atoms with E-state index in [9.17, 15) is 9.18 Å². The summed E-state index contributed by atoms with van der Waals surface area (Å²) in [6.45, 7) is 1.54. The normalized spacial score (nSPS) is 25.5. The Kier molecular flexibility index (Phi) is 3.10. The standard InChI is InChI=1S/C13H16FN3O2/c1-19-11-5-4-10(14)12(16-11)13(18)17-8-2-3-9(17)7-15-6-8/h4-5,8-9,15H,2-3,6-7H2,1H3. The molecule has 2 aliphatic rings. The average Bonchev–Trinajstić information content (AvgIpc) is 2.68. The Bertz CT molecular complexity index is 493. The van der Waals surface area contributed by atoms with Gasteiger partial charge < -0.3 is 15.0 Å². The van der Waals surface area contributed by atoms with E-state index >= 15 is 0 Å². The number of carbonyl (C=O) groups excluding carboxylic acids is 1. The molecule has 0 saturated carbocycles. The van der Waals surface area contributed by atoms with E-state index in [0.717, 1.165) is 25.9 Å². The van der Waals surface area contributed by atoms with E-state index in [4.69, 9.17) is 4.74 Å². The molecule has 1 amide bonds. The Morgan fingerprint density at radius 3 is 2.74 bits per heavy atom. The van der Waals surface area contributed by atoms with Gasteiger partial charge in [-0.1, -0.05) is 0 Å². The molecule has 2 aliphatic heterocycles.